The third-order valence-electron chi connectivity index (χ3n) is 3.77. The number of halogens is 3. The van der Waals surface area contributed by atoms with Crippen LogP contribution in [0.4, 0.5) is 13.2 Å². The van der Waals surface area contributed by atoms with Gasteiger partial charge >= 0.3 is 6.18 Å². The zero-order valence-corrected chi connectivity index (χ0v) is 14.5. The predicted molar refractivity (Wildman–Crippen MR) is 87.8 cm³/mol. The first kappa shape index (κ1) is 20.1. The molecule has 0 saturated carbocycles. The standard InChI is InChI=1S/C17H16F3N5O2/c1-3-6-22-16(27)12(7-21)15(26)13-9-24-25(10(13)2)14-5-4-11(8-23-14)17(18,19)20/h4-5,8-9,12H,3,6H2,1-2H3,(H,22,27). The van der Waals surface area contributed by atoms with E-state index in [1.165, 1.54) is 11.6 Å². The van der Waals surface area contributed by atoms with Crippen LogP contribution in [0.3, 0.4) is 0 Å². The average Bonchev–Trinajstić information content (AvgIpc) is 3.01. The van der Waals surface area contributed by atoms with Crippen LogP contribution in [0.25, 0.3) is 5.82 Å². The maximum atomic E-state index is 12.6. The van der Waals surface area contributed by atoms with Crippen LogP contribution in [-0.2, 0) is 11.0 Å². The van der Waals surface area contributed by atoms with Crippen molar-refractivity contribution in [2.75, 3.05) is 6.54 Å². The fourth-order valence-electron chi connectivity index (χ4n) is 2.30. The Labute approximate surface area is 152 Å². The Morgan fingerprint density at radius 2 is 2.04 bits per heavy atom. The van der Waals surface area contributed by atoms with Crippen LogP contribution in [0.5, 0.6) is 0 Å². The Kier molecular flexibility index (Phi) is 5.95. The second kappa shape index (κ2) is 7.99. The molecule has 27 heavy (non-hydrogen) atoms. The van der Waals surface area contributed by atoms with E-state index in [4.69, 9.17) is 0 Å². The number of aromatic nitrogens is 3. The summed E-state index contributed by atoms with van der Waals surface area (Å²) in [5, 5.41) is 15.6. The fraction of sp³-hybridized carbons (Fsp3) is 0.353. The third kappa shape index (κ3) is 4.31. The first-order valence-corrected chi connectivity index (χ1v) is 8.00. The number of amides is 1. The summed E-state index contributed by atoms with van der Waals surface area (Å²) in [5.74, 6) is -2.90. The lowest BCUT2D eigenvalue weighted by atomic mass is 9.98. The van der Waals surface area contributed by atoms with E-state index in [0.717, 1.165) is 18.3 Å². The van der Waals surface area contributed by atoms with Crippen molar-refractivity contribution in [3.8, 4) is 11.9 Å². The van der Waals surface area contributed by atoms with Crippen LogP contribution < -0.4 is 5.32 Å². The molecule has 7 nitrogen and oxygen atoms in total. The first-order chi connectivity index (χ1) is 12.7. The zero-order chi connectivity index (χ0) is 20.2. The second-order valence-electron chi connectivity index (χ2n) is 5.68. The average molecular weight is 379 g/mol. The van der Waals surface area contributed by atoms with E-state index in [1.54, 1.807) is 6.07 Å². The molecule has 0 aliphatic rings. The number of carbonyl (C=O) groups is 2. The molecule has 1 unspecified atom stereocenters. The molecule has 1 N–H and O–H groups in total. The lowest BCUT2D eigenvalue weighted by Gasteiger charge is -2.10. The van der Waals surface area contributed by atoms with Crippen LogP contribution in [-0.4, -0.2) is 33.0 Å². The van der Waals surface area contributed by atoms with Gasteiger partial charge < -0.3 is 5.32 Å². The minimum absolute atomic E-state index is 0.0231. The number of hydrogen-bond acceptors (Lipinski definition) is 5. The van der Waals surface area contributed by atoms with Crippen molar-refractivity contribution >= 4 is 11.7 Å². The van der Waals surface area contributed by atoms with Crippen LogP contribution in [0, 0.1) is 24.2 Å². The summed E-state index contributed by atoms with van der Waals surface area (Å²) in [5.41, 5.74) is -0.629. The Balaban J connectivity index is 2.30. The quantitative estimate of drug-likeness (QED) is 0.614. The van der Waals surface area contributed by atoms with Crippen molar-refractivity contribution in [3.63, 3.8) is 0 Å². The fourth-order valence-corrected chi connectivity index (χ4v) is 2.30. The van der Waals surface area contributed by atoms with Gasteiger partial charge in [0, 0.05) is 12.7 Å². The van der Waals surface area contributed by atoms with E-state index in [-0.39, 0.29) is 17.1 Å². The highest BCUT2D eigenvalue weighted by molar-refractivity contribution is 6.12. The minimum atomic E-state index is -4.52. The number of pyridine rings is 1. The Morgan fingerprint density at radius 1 is 1.33 bits per heavy atom. The summed E-state index contributed by atoms with van der Waals surface area (Å²) in [7, 11) is 0. The molecule has 10 heteroatoms. The molecule has 0 spiro atoms. The third-order valence-corrected chi connectivity index (χ3v) is 3.77. The minimum Gasteiger partial charge on any atom is -0.355 e. The molecule has 142 valence electrons. The molecular weight excluding hydrogens is 363 g/mol. The number of alkyl halides is 3. The maximum Gasteiger partial charge on any atom is 0.417 e. The van der Waals surface area contributed by atoms with Gasteiger partial charge in [-0.15, -0.1) is 0 Å². The topological polar surface area (TPSA) is 101 Å². The highest BCUT2D eigenvalue weighted by Gasteiger charge is 2.32. The molecule has 2 aromatic rings. The normalized spacial score (nSPS) is 12.3. The Morgan fingerprint density at radius 3 is 2.56 bits per heavy atom. The van der Waals surface area contributed by atoms with Crippen molar-refractivity contribution < 1.29 is 22.8 Å². The van der Waals surface area contributed by atoms with E-state index < -0.39 is 29.3 Å². The number of carbonyl (C=O) groups excluding carboxylic acids is 2. The Bertz CT molecular complexity index is 881. The molecule has 1 atom stereocenters. The van der Waals surface area contributed by atoms with Crippen LogP contribution in [0.1, 0.15) is 35.0 Å². The van der Waals surface area contributed by atoms with Gasteiger partial charge in [-0.25, -0.2) is 9.67 Å². The molecular formula is C17H16F3N5O2. The van der Waals surface area contributed by atoms with E-state index in [9.17, 15) is 28.0 Å². The number of hydrogen-bond donors (Lipinski definition) is 1. The number of nitriles is 1. The smallest absolute Gasteiger partial charge is 0.355 e. The largest absolute Gasteiger partial charge is 0.417 e. The molecule has 0 aromatic carbocycles. The summed E-state index contributed by atoms with van der Waals surface area (Å²) < 4.78 is 39.1. The van der Waals surface area contributed by atoms with Crippen LogP contribution in [0.2, 0.25) is 0 Å². The van der Waals surface area contributed by atoms with E-state index in [0.29, 0.717) is 19.2 Å². The van der Waals surface area contributed by atoms with Crippen molar-refractivity contribution in [1.82, 2.24) is 20.1 Å². The maximum absolute atomic E-state index is 12.6. The SMILES string of the molecule is CCCNC(=O)C(C#N)C(=O)c1cnn(-c2ccc(C(F)(F)F)cn2)c1C. The van der Waals surface area contributed by atoms with Crippen molar-refractivity contribution in [2.24, 2.45) is 5.92 Å². The van der Waals surface area contributed by atoms with Gasteiger partial charge in [0.15, 0.2) is 17.5 Å². The number of Topliss-reactive ketones (excluding diaryl/α,β-unsaturated/α-hetero) is 1. The van der Waals surface area contributed by atoms with Gasteiger partial charge in [0.2, 0.25) is 5.91 Å². The molecule has 1 amide bonds. The summed E-state index contributed by atoms with van der Waals surface area (Å²) in [4.78, 5) is 28.2. The van der Waals surface area contributed by atoms with Crippen molar-refractivity contribution in [2.45, 2.75) is 26.4 Å². The monoisotopic (exact) mass is 379 g/mol. The van der Waals surface area contributed by atoms with Gasteiger partial charge in [0.1, 0.15) is 0 Å². The molecule has 0 fully saturated rings. The molecule has 0 aliphatic heterocycles. The van der Waals surface area contributed by atoms with Crippen molar-refractivity contribution in [3.05, 3.63) is 41.3 Å². The summed E-state index contributed by atoms with van der Waals surface area (Å²) in [6, 6.07) is 3.64. The Hall–Kier alpha value is -3.22. The number of rotatable bonds is 6. The van der Waals surface area contributed by atoms with Gasteiger partial charge in [0.05, 0.1) is 29.1 Å². The molecule has 0 saturated heterocycles. The highest BCUT2D eigenvalue weighted by atomic mass is 19.4. The summed E-state index contributed by atoms with van der Waals surface area (Å²) in [6.07, 6.45) is -2.05. The lowest BCUT2D eigenvalue weighted by Crippen LogP contribution is -2.35. The first-order valence-electron chi connectivity index (χ1n) is 8.00. The molecule has 0 aliphatic carbocycles. The second-order valence-corrected chi connectivity index (χ2v) is 5.68. The molecule has 2 aromatic heterocycles. The van der Waals surface area contributed by atoms with Gasteiger partial charge in [-0.2, -0.15) is 23.5 Å². The van der Waals surface area contributed by atoms with E-state index in [2.05, 4.69) is 15.4 Å². The molecule has 0 bridgehead atoms. The van der Waals surface area contributed by atoms with Crippen LogP contribution >= 0.6 is 0 Å². The summed E-state index contributed by atoms with van der Waals surface area (Å²) >= 11 is 0. The van der Waals surface area contributed by atoms with E-state index in [1.807, 2.05) is 6.92 Å². The molecule has 0 radical (unpaired) electrons. The molecule has 2 rings (SSSR count). The number of ketones is 1. The number of nitrogens with one attached hydrogen (secondary N) is 1. The van der Waals surface area contributed by atoms with Crippen LogP contribution in [0.15, 0.2) is 24.5 Å². The predicted octanol–water partition coefficient (Wildman–Crippen LogP) is 2.44. The number of nitrogens with zero attached hydrogens (tertiary/aromatic N) is 4. The zero-order valence-electron chi connectivity index (χ0n) is 14.5. The van der Waals surface area contributed by atoms with Crippen molar-refractivity contribution in [1.29, 1.82) is 5.26 Å². The summed E-state index contributed by atoms with van der Waals surface area (Å²) in [6.45, 7) is 3.66. The lowest BCUT2D eigenvalue weighted by molar-refractivity contribution is -0.137. The van der Waals surface area contributed by atoms with Gasteiger partial charge in [-0.3, -0.25) is 9.59 Å². The van der Waals surface area contributed by atoms with Gasteiger partial charge in [0.25, 0.3) is 0 Å². The van der Waals surface area contributed by atoms with E-state index >= 15 is 0 Å². The van der Waals surface area contributed by atoms with Gasteiger partial charge in [-0.1, -0.05) is 6.92 Å². The van der Waals surface area contributed by atoms with Gasteiger partial charge in [-0.05, 0) is 25.5 Å². The molecule has 2 heterocycles. The highest BCUT2D eigenvalue weighted by Crippen LogP contribution is 2.29.